The van der Waals surface area contributed by atoms with Gasteiger partial charge in [-0.15, -0.1) is 0 Å². The first-order chi connectivity index (χ1) is 8.08. The van der Waals surface area contributed by atoms with Gasteiger partial charge in [0.15, 0.2) is 5.82 Å². The maximum atomic E-state index is 13.4. The second kappa shape index (κ2) is 4.69. The highest BCUT2D eigenvalue weighted by atomic mass is 19.1. The number of carbonyl (C=O) groups is 1. The van der Waals surface area contributed by atoms with Crippen molar-refractivity contribution in [1.82, 2.24) is 0 Å². The Hall–Kier alpha value is -1.65. The monoisotopic (exact) mass is 240 g/mol. The highest BCUT2D eigenvalue weighted by molar-refractivity contribution is 5.95. The molecule has 1 aromatic rings. The molecule has 0 aliphatic heterocycles. The number of carbonyl (C=O) groups excluding carboxylic acids is 1. The molecular weight excluding hydrogens is 226 g/mol. The first kappa shape index (κ1) is 11.8. The van der Waals surface area contributed by atoms with Crippen LogP contribution in [0.2, 0.25) is 0 Å². The van der Waals surface area contributed by atoms with E-state index >= 15 is 0 Å². The molecule has 1 aliphatic carbocycles. The summed E-state index contributed by atoms with van der Waals surface area (Å²) in [5.41, 5.74) is 5.26. The topological polar surface area (TPSA) is 55.1 Å². The van der Waals surface area contributed by atoms with E-state index in [-0.39, 0.29) is 23.2 Å². The summed E-state index contributed by atoms with van der Waals surface area (Å²) >= 11 is 0. The van der Waals surface area contributed by atoms with E-state index in [0.29, 0.717) is 6.07 Å². The normalized spacial score (nSPS) is 16.1. The molecule has 0 saturated heterocycles. The van der Waals surface area contributed by atoms with Crippen molar-refractivity contribution in [2.75, 3.05) is 11.1 Å². The van der Waals surface area contributed by atoms with Crippen molar-refractivity contribution in [2.45, 2.75) is 25.7 Å². The summed E-state index contributed by atoms with van der Waals surface area (Å²) in [7, 11) is 0. The summed E-state index contributed by atoms with van der Waals surface area (Å²) in [6, 6.07) is 1.70. The second-order valence-electron chi connectivity index (χ2n) is 4.32. The van der Waals surface area contributed by atoms with Crippen molar-refractivity contribution in [3.63, 3.8) is 0 Å². The molecule has 0 radical (unpaired) electrons. The second-order valence-corrected chi connectivity index (χ2v) is 4.32. The van der Waals surface area contributed by atoms with Crippen molar-refractivity contribution in [3.05, 3.63) is 23.8 Å². The fourth-order valence-corrected chi connectivity index (χ4v) is 2.14. The van der Waals surface area contributed by atoms with Crippen LogP contribution in [0.5, 0.6) is 0 Å². The molecule has 0 heterocycles. The van der Waals surface area contributed by atoms with Crippen LogP contribution in [0.3, 0.4) is 0 Å². The third kappa shape index (κ3) is 2.54. The molecule has 0 bridgehead atoms. The average molecular weight is 240 g/mol. The Morgan fingerprint density at radius 2 is 1.94 bits per heavy atom. The zero-order chi connectivity index (χ0) is 12.4. The SMILES string of the molecule is Nc1cc(F)cc(F)c1NC(=O)C1CCCC1. The maximum Gasteiger partial charge on any atom is 0.227 e. The molecule has 1 aromatic carbocycles. The Bertz CT molecular complexity index is 419. The summed E-state index contributed by atoms with van der Waals surface area (Å²) in [6.45, 7) is 0. The van der Waals surface area contributed by atoms with Gasteiger partial charge in [0.05, 0.1) is 5.69 Å². The molecule has 0 unspecified atom stereocenters. The lowest BCUT2D eigenvalue weighted by Crippen LogP contribution is -2.21. The quantitative estimate of drug-likeness (QED) is 0.781. The Morgan fingerprint density at radius 3 is 2.53 bits per heavy atom. The van der Waals surface area contributed by atoms with E-state index in [9.17, 15) is 13.6 Å². The smallest absolute Gasteiger partial charge is 0.227 e. The minimum Gasteiger partial charge on any atom is -0.397 e. The number of amides is 1. The fraction of sp³-hybridized carbons (Fsp3) is 0.417. The minimum absolute atomic E-state index is 0.0844. The van der Waals surface area contributed by atoms with Crippen LogP contribution in [0.4, 0.5) is 20.2 Å². The zero-order valence-electron chi connectivity index (χ0n) is 9.30. The Labute approximate surface area is 98.0 Å². The highest BCUT2D eigenvalue weighted by Gasteiger charge is 2.24. The Morgan fingerprint density at radius 1 is 1.29 bits per heavy atom. The van der Waals surface area contributed by atoms with Crippen molar-refractivity contribution < 1.29 is 13.6 Å². The lowest BCUT2D eigenvalue weighted by Gasteiger charge is -2.12. The van der Waals surface area contributed by atoms with Crippen LogP contribution in [0.25, 0.3) is 0 Å². The molecule has 1 fully saturated rings. The van der Waals surface area contributed by atoms with Gasteiger partial charge in [-0.3, -0.25) is 4.79 Å². The molecule has 0 atom stereocenters. The van der Waals surface area contributed by atoms with E-state index in [1.807, 2.05) is 0 Å². The van der Waals surface area contributed by atoms with Gasteiger partial charge in [-0.2, -0.15) is 0 Å². The number of hydrogen-bond donors (Lipinski definition) is 2. The number of nitrogens with two attached hydrogens (primary N) is 1. The van der Waals surface area contributed by atoms with E-state index in [4.69, 9.17) is 5.73 Å². The predicted octanol–water partition coefficient (Wildman–Crippen LogP) is 2.68. The van der Waals surface area contributed by atoms with Crippen LogP contribution in [-0.2, 0) is 4.79 Å². The van der Waals surface area contributed by atoms with Gasteiger partial charge < -0.3 is 11.1 Å². The molecule has 1 aliphatic rings. The third-order valence-corrected chi connectivity index (χ3v) is 3.06. The van der Waals surface area contributed by atoms with Gasteiger partial charge in [0.1, 0.15) is 11.5 Å². The summed E-state index contributed by atoms with van der Waals surface area (Å²) in [4.78, 5) is 11.8. The number of nitrogens with one attached hydrogen (secondary N) is 1. The molecule has 0 aromatic heterocycles. The van der Waals surface area contributed by atoms with Crippen LogP contribution < -0.4 is 11.1 Å². The van der Waals surface area contributed by atoms with Gasteiger partial charge in [0.2, 0.25) is 5.91 Å². The van der Waals surface area contributed by atoms with Gasteiger partial charge in [-0.05, 0) is 18.9 Å². The molecule has 92 valence electrons. The van der Waals surface area contributed by atoms with Gasteiger partial charge >= 0.3 is 0 Å². The fourth-order valence-electron chi connectivity index (χ4n) is 2.14. The summed E-state index contributed by atoms with van der Waals surface area (Å²) < 4.78 is 26.2. The van der Waals surface area contributed by atoms with Gasteiger partial charge in [0, 0.05) is 12.0 Å². The Kier molecular flexibility index (Phi) is 3.26. The third-order valence-electron chi connectivity index (χ3n) is 3.06. The average Bonchev–Trinajstić information content (AvgIpc) is 2.76. The molecular formula is C12H14F2N2O. The molecule has 17 heavy (non-hydrogen) atoms. The molecule has 5 heteroatoms. The first-order valence-electron chi connectivity index (χ1n) is 5.63. The maximum absolute atomic E-state index is 13.4. The van der Waals surface area contributed by atoms with Crippen molar-refractivity contribution >= 4 is 17.3 Å². The predicted molar refractivity (Wildman–Crippen MR) is 61.4 cm³/mol. The number of halogens is 2. The molecule has 3 nitrogen and oxygen atoms in total. The van der Waals surface area contributed by atoms with Gasteiger partial charge in [-0.1, -0.05) is 12.8 Å². The van der Waals surface area contributed by atoms with E-state index in [2.05, 4.69) is 5.32 Å². The van der Waals surface area contributed by atoms with Crippen LogP contribution in [0, 0.1) is 17.6 Å². The zero-order valence-corrected chi connectivity index (χ0v) is 9.30. The van der Waals surface area contributed by atoms with Crippen LogP contribution >= 0.6 is 0 Å². The van der Waals surface area contributed by atoms with E-state index in [0.717, 1.165) is 31.7 Å². The standard InChI is InChI=1S/C12H14F2N2O/c13-8-5-9(14)11(10(15)6-8)16-12(17)7-3-1-2-4-7/h5-7H,1-4,15H2,(H,16,17). The van der Waals surface area contributed by atoms with Gasteiger partial charge in [-0.25, -0.2) is 8.78 Å². The largest absolute Gasteiger partial charge is 0.397 e. The van der Waals surface area contributed by atoms with Crippen LogP contribution in [-0.4, -0.2) is 5.91 Å². The van der Waals surface area contributed by atoms with Crippen LogP contribution in [0.15, 0.2) is 12.1 Å². The molecule has 3 N–H and O–H groups in total. The van der Waals surface area contributed by atoms with Crippen molar-refractivity contribution in [2.24, 2.45) is 5.92 Å². The lowest BCUT2D eigenvalue weighted by molar-refractivity contribution is -0.119. The minimum atomic E-state index is -0.839. The Balaban J connectivity index is 2.15. The summed E-state index contributed by atoms with van der Waals surface area (Å²) in [5.74, 6) is -1.91. The number of rotatable bonds is 2. The van der Waals surface area contributed by atoms with E-state index in [1.54, 1.807) is 0 Å². The number of nitrogen functional groups attached to an aromatic ring is 1. The first-order valence-corrected chi connectivity index (χ1v) is 5.63. The van der Waals surface area contributed by atoms with E-state index in [1.165, 1.54) is 0 Å². The van der Waals surface area contributed by atoms with Crippen molar-refractivity contribution in [1.29, 1.82) is 0 Å². The molecule has 1 saturated carbocycles. The summed E-state index contributed by atoms with van der Waals surface area (Å²) in [6.07, 6.45) is 3.65. The molecule has 2 rings (SSSR count). The molecule has 0 spiro atoms. The number of benzene rings is 1. The van der Waals surface area contributed by atoms with Crippen molar-refractivity contribution in [3.8, 4) is 0 Å². The number of anilines is 2. The highest BCUT2D eigenvalue weighted by Crippen LogP contribution is 2.29. The van der Waals surface area contributed by atoms with Crippen LogP contribution in [0.1, 0.15) is 25.7 Å². The number of hydrogen-bond acceptors (Lipinski definition) is 2. The lowest BCUT2D eigenvalue weighted by atomic mass is 10.1. The van der Waals surface area contributed by atoms with E-state index < -0.39 is 11.6 Å². The molecule has 1 amide bonds. The summed E-state index contributed by atoms with van der Waals surface area (Å²) in [5, 5.41) is 2.44. The van der Waals surface area contributed by atoms with Gasteiger partial charge in [0.25, 0.3) is 0 Å².